The molecule has 3 aromatic rings. The summed E-state index contributed by atoms with van der Waals surface area (Å²) in [6.45, 7) is 5.56. The molecule has 0 heterocycles. The first-order valence-electron chi connectivity index (χ1n) is 10.7. The fourth-order valence-electron chi connectivity index (χ4n) is 3.28. The molecular weight excluding hydrogens is 574 g/mol. The van der Waals surface area contributed by atoms with Crippen LogP contribution in [0.4, 0.5) is 11.4 Å². The third-order valence-corrected chi connectivity index (χ3v) is 6.25. The van der Waals surface area contributed by atoms with Crippen molar-refractivity contribution in [3.63, 3.8) is 0 Å². The molecule has 0 fully saturated rings. The summed E-state index contributed by atoms with van der Waals surface area (Å²) >= 11 is 6.87. The Hall–Kier alpha value is -3.41. The van der Waals surface area contributed by atoms with E-state index in [9.17, 15) is 14.9 Å². The Bertz CT molecular complexity index is 1360. The van der Waals surface area contributed by atoms with Crippen LogP contribution in [-0.4, -0.2) is 18.4 Å². The third-order valence-electron chi connectivity index (χ3n) is 5.20. The van der Waals surface area contributed by atoms with E-state index < -0.39 is 5.91 Å². The smallest absolute Gasteiger partial charge is 0.266 e. The van der Waals surface area contributed by atoms with Gasteiger partial charge < -0.3 is 15.4 Å². The van der Waals surface area contributed by atoms with E-state index >= 15 is 0 Å². The number of carbonyl (C=O) groups excluding carboxylic acids is 2. The number of rotatable bonds is 7. The summed E-state index contributed by atoms with van der Waals surface area (Å²) in [5, 5.41) is 15.2. The molecule has 2 amide bonds. The zero-order valence-electron chi connectivity index (χ0n) is 19.4. The van der Waals surface area contributed by atoms with Gasteiger partial charge in [-0.05, 0) is 89.8 Å². The van der Waals surface area contributed by atoms with Gasteiger partial charge >= 0.3 is 0 Å². The third kappa shape index (κ3) is 7.04. The number of nitrogens with one attached hydrogen (secondary N) is 2. The summed E-state index contributed by atoms with van der Waals surface area (Å²) in [6.07, 6.45) is 1.43. The van der Waals surface area contributed by atoms with Crippen LogP contribution in [0.2, 0.25) is 0 Å². The Morgan fingerprint density at radius 2 is 1.77 bits per heavy atom. The van der Waals surface area contributed by atoms with Gasteiger partial charge in [-0.2, -0.15) is 5.26 Å². The van der Waals surface area contributed by atoms with Gasteiger partial charge in [0.05, 0.1) is 4.47 Å². The predicted molar refractivity (Wildman–Crippen MR) is 145 cm³/mol. The summed E-state index contributed by atoms with van der Waals surface area (Å²) in [5.41, 5.74) is 4.69. The van der Waals surface area contributed by atoms with Crippen molar-refractivity contribution < 1.29 is 14.3 Å². The van der Waals surface area contributed by atoms with Crippen molar-refractivity contribution in [2.24, 2.45) is 0 Å². The maximum Gasteiger partial charge on any atom is 0.266 e. The van der Waals surface area contributed by atoms with Crippen molar-refractivity contribution in [3.05, 3.63) is 91.4 Å². The zero-order valence-corrected chi connectivity index (χ0v) is 22.6. The summed E-state index contributed by atoms with van der Waals surface area (Å²) in [6, 6.07) is 18.4. The number of hydrogen-bond acceptors (Lipinski definition) is 4. The molecule has 6 nitrogen and oxygen atoms in total. The SMILES string of the molecule is Cc1cccc(NC(=O)/C(C#N)=C/c2cc(Br)cc(Br)c2OCC(=O)Nc2cccc(C)c2C)c1. The molecule has 178 valence electrons. The van der Waals surface area contributed by atoms with Gasteiger partial charge in [-0.25, -0.2) is 0 Å². The molecule has 0 radical (unpaired) electrons. The lowest BCUT2D eigenvalue weighted by atomic mass is 10.1. The van der Waals surface area contributed by atoms with E-state index in [0.29, 0.717) is 31.6 Å². The summed E-state index contributed by atoms with van der Waals surface area (Å²) in [4.78, 5) is 25.3. The molecule has 35 heavy (non-hydrogen) atoms. The van der Waals surface area contributed by atoms with Crippen molar-refractivity contribution in [1.82, 2.24) is 0 Å². The Labute approximate surface area is 221 Å². The molecule has 0 aromatic heterocycles. The molecule has 3 rings (SSSR count). The summed E-state index contributed by atoms with van der Waals surface area (Å²) < 4.78 is 7.09. The average molecular weight is 597 g/mol. The number of benzene rings is 3. The van der Waals surface area contributed by atoms with Crippen LogP contribution in [0.3, 0.4) is 0 Å². The van der Waals surface area contributed by atoms with E-state index in [4.69, 9.17) is 4.74 Å². The largest absolute Gasteiger partial charge is 0.482 e. The Morgan fingerprint density at radius 3 is 2.49 bits per heavy atom. The topological polar surface area (TPSA) is 91.2 Å². The normalized spacial score (nSPS) is 10.9. The standard InChI is InChI=1S/C27H23Br2N3O3/c1-16-6-4-8-22(10-16)31-27(34)20(14-30)11-19-12-21(28)13-23(29)26(19)35-15-25(33)32-24-9-5-7-17(2)18(24)3/h4-13H,15H2,1-3H3,(H,31,34)(H,32,33)/b20-11+. The Kier molecular flexibility index (Phi) is 8.85. The quantitative estimate of drug-likeness (QED) is 0.234. The maximum atomic E-state index is 12.7. The number of aryl methyl sites for hydroxylation is 2. The number of carbonyl (C=O) groups is 2. The highest BCUT2D eigenvalue weighted by atomic mass is 79.9. The minimum Gasteiger partial charge on any atom is -0.482 e. The van der Waals surface area contributed by atoms with Gasteiger partial charge in [0.15, 0.2) is 6.61 Å². The van der Waals surface area contributed by atoms with Gasteiger partial charge in [0.1, 0.15) is 17.4 Å². The number of anilines is 2. The van der Waals surface area contributed by atoms with Gasteiger partial charge in [-0.3, -0.25) is 9.59 Å². The fourth-order valence-corrected chi connectivity index (χ4v) is 4.65. The first-order chi connectivity index (χ1) is 16.7. The minimum absolute atomic E-state index is 0.110. The second-order valence-corrected chi connectivity index (χ2v) is 9.65. The molecule has 2 N–H and O–H groups in total. The van der Waals surface area contributed by atoms with Crippen molar-refractivity contribution in [1.29, 1.82) is 5.26 Å². The fraction of sp³-hybridized carbons (Fsp3) is 0.148. The van der Waals surface area contributed by atoms with E-state index in [1.165, 1.54) is 6.08 Å². The van der Waals surface area contributed by atoms with Crippen LogP contribution in [0.15, 0.2) is 69.1 Å². The average Bonchev–Trinajstić information content (AvgIpc) is 2.79. The zero-order chi connectivity index (χ0) is 25.5. The van der Waals surface area contributed by atoms with Crippen LogP contribution in [0.25, 0.3) is 6.08 Å². The van der Waals surface area contributed by atoms with E-state index in [0.717, 1.165) is 16.7 Å². The van der Waals surface area contributed by atoms with Crippen LogP contribution in [0, 0.1) is 32.1 Å². The molecule has 0 spiro atoms. The summed E-state index contributed by atoms with van der Waals surface area (Å²) in [5.74, 6) is -0.547. The predicted octanol–water partition coefficient (Wildman–Crippen LogP) is 6.70. The van der Waals surface area contributed by atoms with Crippen LogP contribution in [-0.2, 0) is 9.59 Å². The van der Waals surface area contributed by atoms with E-state index in [-0.39, 0.29) is 18.1 Å². The Balaban J connectivity index is 1.81. The molecule has 0 bridgehead atoms. The molecule has 0 aliphatic carbocycles. The van der Waals surface area contributed by atoms with Crippen LogP contribution < -0.4 is 15.4 Å². The number of halogens is 2. The molecule has 0 unspecified atom stereocenters. The highest BCUT2D eigenvalue weighted by Crippen LogP contribution is 2.34. The molecule has 0 aliphatic rings. The lowest BCUT2D eigenvalue weighted by Crippen LogP contribution is -2.21. The van der Waals surface area contributed by atoms with Gasteiger partial charge in [0.25, 0.3) is 11.8 Å². The number of hydrogen-bond donors (Lipinski definition) is 2. The highest BCUT2D eigenvalue weighted by molar-refractivity contribution is 9.11. The molecule has 0 saturated heterocycles. The molecule has 0 saturated carbocycles. The molecule has 0 atom stereocenters. The van der Waals surface area contributed by atoms with Crippen molar-refractivity contribution in [2.75, 3.05) is 17.2 Å². The number of ether oxygens (including phenoxy) is 1. The molecule has 0 aliphatic heterocycles. The van der Waals surface area contributed by atoms with Gasteiger partial charge in [-0.1, -0.05) is 40.2 Å². The van der Waals surface area contributed by atoms with E-state index in [2.05, 4.69) is 42.5 Å². The van der Waals surface area contributed by atoms with Crippen molar-refractivity contribution >= 4 is 61.1 Å². The van der Waals surface area contributed by atoms with E-state index in [1.54, 1.807) is 18.2 Å². The number of amides is 2. The van der Waals surface area contributed by atoms with Crippen LogP contribution in [0.5, 0.6) is 5.75 Å². The van der Waals surface area contributed by atoms with Gasteiger partial charge in [0.2, 0.25) is 0 Å². The lowest BCUT2D eigenvalue weighted by Gasteiger charge is -2.14. The van der Waals surface area contributed by atoms with Gasteiger partial charge in [0, 0.05) is 21.4 Å². The number of nitriles is 1. The second kappa shape index (κ2) is 11.8. The van der Waals surface area contributed by atoms with Crippen molar-refractivity contribution in [3.8, 4) is 11.8 Å². The molecule has 3 aromatic carbocycles. The van der Waals surface area contributed by atoms with Gasteiger partial charge in [-0.15, -0.1) is 0 Å². The molecule has 8 heteroatoms. The highest BCUT2D eigenvalue weighted by Gasteiger charge is 2.16. The van der Waals surface area contributed by atoms with E-state index in [1.807, 2.05) is 63.2 Å². The first kappa shape index (κ1) is 26.2. The van der Waals surface area contributed by atoms with Crippen LogP contribution >= 0.6 is 31.9 Å². The second-order valence-electron chi connectivity index (χ2n) is 7.88. The first-order valence-corrected chi connectivity index (χ1v) is 12.2. The number of nitrogens with zero attached hydrogens (tertiary/aromatic N) is 1. The summed E-state index contributed by atoms with van der Waals surface area (Å²) in [7, 11) is 0. The van der Waals surface area contributed by atoms with Crippen molar-refractivity contribution in [2.45, 2.75) is 20.8 Å². The van der Waals surface area contributed by atoms with Crippen LogP contribution in [0.1, 0.15) is 22.3 Å². The minimum atomic E-state index is -0.548. The monoisotopic (exact) mass is 595 g/mol. The maximum absolute atomic E-state index is 12.7. The Morgan fingerprint density at radius 1 is 1.03 bits per heavy atom. The lowest BCUT2D eigenvalue weighted by molar-refractivity contribution is -0.118. The molecular formula is C27H23Br2N3O3.